The summed E-state index contributed by atoms with van der Waals surface area (Å²) >= 11 is 0. The third-order valence-corrected chi connectivity index (χ3v) is 10.0. The van der Waals surface area contributed by atoms with E-state index < -0.39 is 25.4 Å². The number of benzene rings is 1. The van der Waals surface area contributed by atoms with Gasteiger partial charge in [0.2, 0.25) is 0 Å². The predicted molar refractivity (Wildman–Crippen MR) is 190 cm³/mol. The SMILES string of the molecule is CN(C)c1ccnc(-c2[c-]c(-c3cc(N(C)C)ccn3)c(F)cc2F)c1.CO[C-](CO)C(C)(C)c1cccc(C(C)(C)[PH+](OC)OC)n1.[Re]. The Hall–Kier alpha value is -2.94. The zero-order valence-electron chi connectivity index (χ0n) is 30.0. The molecular weight excluding hydrogens is 822 g/mol. The number of aliphatic hydroxyl groups is 1. The molecule has 0 unspecified atom stereocenters. The maximum absolute atomic E-state index is 14.4. The van der Waals surface area contributed by atoms with Gasteiger partial charge in [-0.3, -0.25) is 23.7 Å². The van der Waals surface area contributed by atoms with E-state index >= 15 is 0 Å². The van der Waals surface area contributed by atoms with Gasteiger partial charge in [0.1, 0.15) is 0 Å². The van der Waals surface area contributed by atoms with Gasteiger partial charge in [0.05, 0.1) is 31.5 Å². The number of pyridine rings is 3. The maximum atomic E-state index is 14.4. The molecular formula is C36H47F2N5O4PRe-. The second kappa shape index (κ2) is 18.3. The van der Waals surface area contributed by atoms with Crippen molar-refractivity contribution in [2.24, 2.45) is 0 Å². The predicted octanol–water partition coefficient (Wildman–Crippen LogP) is 7.12. The van der Waals surface area contributed by atoms with Crippen LogP contribution in [0, 0.1) is 23.8 Å². The molecule has 9 nitrogen and oxygen atoms in total. The Morgan fingerprint density at radius 3 is 1.67 bits per heavy atom. The molecule has 13 heteroatoms. The van der Waals surface area contributed by atoms with Crippen LogP contribution in [0.1, 0.15) is 39.1 Å². The summed E-state index contributed by atoms with van der Waals surface area (Å²) in [6.07, 6.45) is 3.76. The van der Waals surface area contributed by atoms with Crippen molar-refractivity contribution in [3.8, 4) is 22.5 Å². The van der Waals surface area contributed by atoms with Gasteiger partial charge in [0.15, 0.2) is 5.16 Å². The number of hydrogen-bond donors (Lipinski definition) is 1. The Kier molecular flexibility index (Phi) is 15.8. The zero-order chi connectivity index (χ0) is 35.8. The third kappa shape index (κ3) is 10.1. The molecule has 4 aromatic rings. The molecule has 3 heterocycles. The number of halogens is 2. The normalized spacial score (nSPS) is 11.6. The molecule has 1 radical (unpaired) electrons. The van der Waals surface area contributed by atoms with Gasteiger partial charge in [0.25, 0.3) is 8.38 Å². The van der Waals surface area contributed by atoms with E-state index in [2.05, 4.69) is 29.9 Å². The molecule has 0 aliphatic carbocycles. The van der Waals surface area contributed by atoms with Crippen molar-refractivity contribution in [2.75, 3.05) is 65.9 Å². The van der Waals surface area contributed by atoms with Crippen LogP contribution in [0.5, 0.6) is 0 Å². The molecule has 0 saturated heterocycles. The minimum Gasteiger partial charge on any atom is -0.548 e. The molecule has 0 saturated carbocycles. The number of methoxy groups -OCH3 is 1. The van der Waals surface area contributed by atoms with Crippen LogP contribution in [-0.2, 0) is 44.8 Å². The summed E-state index contributed by atoms with van der Waals surface area (Å²) in [7, 11) is 10.9. The van der Waals surface area contributed by atoms with E-state index in [9.17, 15) is 13.9 Å². The Morgan fingerprint density at radius 2 is 1.27 bits per heavy atom. The molecule has 0 spiro atoms. The van der Waals surface area contributed by atoms with E-state index in [1.54, 1.807) is 45.9 Å². The first-order chi connectivity index (χ1) is 22.6. The molecule has 0 atom stereocenters. The van der Waals surface area contributed by atoms with Gasteiger partial charge in [-0.2, -0.15) is 6.10 Å². The van der Waals surface area contributed by atoms with E-state index in [0.717, 1.165) is 28.8 Å². The average molecular weight is 869 g/mol. The van der Waals surface area contributed by atoms with Crippen LogP contribution in [0.3, 0.4) is 0 Å². The largest absolute Gasteiger partial charge is 0.548 e. The minimum atomic E-state index is -1.49. The monoisotopic (exact) mass is 869 g/mol. The Balaban J connectivity index is 0.000000339. The van der Waals surface area contributed by atoms with Crippen molar-refractivity contribution in [3.05, 3.63) is 96.1 Å². The number of anilines is 2. The van der Waals surface area contributed by atoms with Crippen molar-refractivity contribution < 1.29 is 48.1 Å². The minimum absolute atomic E-state index is 0. The van der Waals surface area contributed by atoms with Crippen LogP contribution in [0.2, 0.25) is 0 Å². The summed E-state index contributed by atoms with van der Waals surface area (Å²) in [5, 5.41) is 9.18. The first-order valence-corrected chi connectivity index (χ1v) is 16.6. The van der Waals surface area contributed by atoms with E-state index in [-0.39, 0.29) is 43.3 Å². The van der Waals surface area contributed by atoms with E-state index in [1.165, 1.54) is 0 Å². The first kappa shape index (κ1) is 42.2. The van der Waals surface area contributed by atoms with E-state index in [1.807, 2.05) is 82.2 Å². The summed E-state index contributed by atoms with van der Waals surface area (Å²) in [5.74, 6) is -1.42. The molecule has 0 bridgehead atoms. The maximum Gasteiger partial charge on any atom is 0.273 e. The summed E-state index contributed by atoms with van der Waals surface area (Å²) in [5.41, 5.74) is 3.99. The second-order valence-corrected chi connectivity index (χ2v) is 15.1. The molecule has 49 heavy (non-hydrogen) atoms. The molecule has 0 amide bonds. The van der Waals surface area contributed by atoms with Gasteiger partial charge in [-0.25, -0.2) is 9.05 Å². The molecule has 1 aromatic carbocycles. The summed E-state index contributed by atoms with van der Waals surface area (Å²) in [6, 6.07) is 16.7. The number of rotatable bonds is 12. The first-order valence-electron chi connectivity index (χ1n) is 15.3. The molecule has 0 fully saturated rings. The summed E-state index contributed by atoms with van der Waals surface area (Å²) in [6.45, 7) is 7.98. The molecule has 4 rings (SSSR count). The Morgan fingerprint density at radius 1 is 0.796 bits per heavy atom. The number of hydrogen-bond acceptors (Lipinski definition) is 9. The summed E-state index contributed by atoms with van der Waals surface area (Å²) in [4.78, 5) is 17.0. The van der Waals surface area contributed by atoms with Gasteiger partial charge in [-0.05, 0) is 57.4 Å². The van der Waals surface area contributed by atoms with Crippen molar-refractivity contribution in [1.82, 2.24) is 15.0 Å². The van der Waals surface area contributed by atoms with Crippen molar-refractivity contribution in [2.45, 2.75) is 38.3 Å². The molecule has 0 aliphatic heterocycles. The smallest absolute Gasteiger partial charge is 0.273 e. The fourth-order valence-electron chi connectivity index (χ4n) is 5.03. The van der Waals surface area contributed by atoms with E-state index in [4.69, 9.17) is 18.8 Å². The molecule has 3 aromatic heterocycles. The Bertz CT molecular complexity index is 1540. The van der Waals surface area contributed by atoms with Crippen LogP contribution in [0.25, 0.3) is 22.5 Å². The molecule has 267 valence electrons. The number of aromatic nitrogens is 3. The van der Waals surface area contributed by atoms with Gasteiger partial charge in [0, 0.05) is 89.5 Å². The Labute approximate surface area is 304 Å². The molecule has 0 aliphatic rings. The topological polar surface area (TPSA) is 93.1 Å². The van der Waals surface area contributed by atoms with Crippen molar-refractivity contribution >= 4 is 19.8 Å². The number of nitrogens with zero attached hydrogens (tertiary/aromatic N) is 5. The van der Waals surface area contributed by atoms with Gasteiger partial charge in [-0.15, -0.1) is 6.07 Å². The van der Waals surface area contributed by atoms with Crippen molar-refractivity contribution in [3.63, 3.8) is 0 Å². The van der Waals surface area contributed by atoms with Crippen LogP contribution in [0.4, 0.5) is 20.2 Å². The second-order valence-electron chi connectivity index (χ2n) is 12.4. The van der Waals surface area contributed by atoms with Crippen LogP contribution >= 0.6 is 8.38 Å². The average Bonchev–Trinajstić information content (AvgIpc) is 3.06. The van der Waals surface area contributed by atoms with Crippen molar-refractivity contribution in [1.29, 1.82) is 0 Å². The number of aliphatic hydroxyl groups excluding tert-OH is 1. The van der Waals surface area contributed by atoms with Crippen LogP contribution < -0.4 is 9.80 Å². The standard InChI is InChI=1S/C20H19F2N4.C16H27NO4P.Re/c1-25(2)13-5-7-23-19(9-13)15-11-16(18(22)12-17(15)21)20-10-14(26(3)4)6-8-24-20;1-15(2,14(11-18)19-5)12-9-8-10-13(17-12)16(3,4)22(20-6)21-7;/h5-10,12H,1-4H3;8-10,18H,11H2,1-7H3;/q2*-1;/p+1. The van der Waals surface area contributed by atoms with Crippen LogP contribution in [-0.4, -0.2) is 76.2 Å². The van der Waals surface area contributed by atoms with Crippen LogP contribution in [0.15, 0.2) is 60.9 Å². The van der Waals surface area contributed by atoms with Gasteiger partial charge >= 0.3 is 0 Å². The van der Waals surface area contributed by atoms with E-state index in [0.29, 0.717) is 17.5 Å². The van der Waals surface area contributed by atoms with Gasteiger partial charge < -0.3 is 19.6 Å². The molecule has 1 N–H and O–H groups in total. The third-order valence-electron chi connectivity index (χ3n) is 8.01. The fourth-order valence-corrected chi connectivity index (χ4v) is 6.57. The number of ether oxygens (including phenoxy) is 1. The summed E-state index contributed by atoms with van der Waals surface area (Å²) < 4.78 is 45.2. The zero-order valence-corrected chi connectivity index (χ0v) is 33.7. The quantitative estimate of drug-likeness (QED) is 0.118. The van der Waals surface area contributed by atoms with Gasteiger partial charge in [-0.1, -0.05) is 49.1 Å². The fraction of sp³-hybridized carbons (Fsp3) is 0.389.